The lowest BCUT2D eigenvalue weighted by molar-refractivity contribution is 0.761. The molecule has 1 N–H and O–H groups in total. The molecule has 0 aliphatic heterocycles. The zero-order chi connectivity index (χ0) is 13.9. The predicted octanol–water partition coefficient (Wildman–Crippen LogP) is 3.53. The van der Waals surface area contributed by atoms with Gasteiger partial charge in [0.15, 0.2) is 0 Å². The lowest BCUT2D eigenvalue weighted by Crippen LogP contribution is -2.09. The molecular formula is C17H13N3. The maximum Gasteiger partial charge on any atom is 0.101 e. The lowest BCUT2D eigenvalue weighted by atomic mass is 10.0. The second-order valence-electron chi connectivity index (χ2n) is 4.89. The van der Waals surface area contributed by atoms with Gasteiger partial charge in [-0.15, -0.1) is 0 Å². The molecule has 3 nitrogen and oxygen atoms in total. The molecule has 0 spiro atoms. The Balaban J connectivity index is 1.98. The van der Waals surface area contributed by atoms with E-state index >= 15 is 0 Å². The quantitative estimate of drug-likeness (QED) is 0.897. The Morgan fingerprint density at radius 2 is 1.65 bits per heavy atom. The van der Waals surface area contributed by atoms with E-state index in [2.05, 4.69) is 29.6 Å². The monoisotopic (exact) mass is 259 g/mol. The van der Waals surface area contributed by atoms with Crippen molar-refractivity contribution < 1.29 is 0 Å². The van der Waals surface area contributed by atoms with Gasteiger partial charge in [0.25, 0.3) is 0 Å². The summed E-state index contributed by atoms with van der Waals surface area (Å²) < 4.78 is 0. The summed E-state index contributed by atoms with van der Waals surface area (Å²) in [6, 6.07) is 18.0. The molecule has 0 fully saturated rings. The van der Waals surface area contributed by atoms with Gasteiger partial charge in [0.1, 0.15) is 12.1 Å². The van der Waals surface area contributed by atoms with Crippen molar-refractivity contribution in [1.29, 1.82) is 10.5 Å². The molecule has 0 heterocycles. The number of fused-ring (bicyclic) bond motifs is 1. The summed E-state index contributed by atoms with van der Waals surface area (Å²) in [5.74, 6) is 0. The molecule has 2 aromatic carbocycles. The van der Waals surface area contributed by atoms with Gasteiger partial charge < -0.3 is 5.32 Å². The molecular weight excluding hydrogens is 246 g/mol. The Labute approximate surface area is 118 Å². The van der Waals surface area contributed by atoms with Crippen LogP contribution in [0.25, 0.3) is 0 Å². The van der Waals surface area contributed by atoms with Crippen LogP contribution in [-0.4, -0.2) is 0 Å². The Morgan fingerprint density at radius 1 is 0.950 bits per heavy atom. The highest BCUT2D eigenvalue weighted by atomic mass is 14.9. The zero-order valence-electron chi connectivity index (χ0n) is 10.9. The maximum absolute atomic E-state index is 9.21. The van der Waals surface area contributed by atoms with E-state index in [1.54, 1.807) is 18.2 Å². The van der Waals surface area contributed by atoms with Gasteiger partial charge in [-0.2, -0.15) is 10.5 Å². The van der Waals surface area contributed by atoms with Gasteiger partial charge >= 0.3 is 0 Å². The molecule has 96 valence electrons. The van der Waals surface area contributed by atoms with E-state index in [0.29, 0.717) is 16.8 Å². The first kappa shape index (κ1) is 12.3. The van der Waals surface area contributed by atoms with Crippen molar-refractivity contribution in [3.8, 4) is 12.1 Å². The van der Waals surface area contributed by atoms with Crippen LogP contribution in [0.2, 0.25) is 0 Å². The number of nitrogens with one attached hydrogen (secondary N) is 1. The topological polar surface area (TPSA) is 59.6 Å². The highest BCUT2D eigenvalue weighted by molar-refractivity contribution is 5.67. The smallest absolute Gasteiger partial charge is 0.101 e. The molecule has 0 saturated heterocycles. The number of nitriles is 2. The fraction of sp³-hybridized carbons (Fsp3) is 0.176. The zero-order valence-corrected chi connectivity index (χ0v) is 10.9. The van der Waals surface area contributed by atoms with Crippen LogP contribution < -0.4 is 5.32 Å². The summed E-state index contributed by atoms with van der Waals surface area (Å²) in [5, 5.41) is 21.8. The van der Waals surface area contributed by atoms with Crippen LogP contribution >= 0.6 is 0 Å². The number of rotatable bonds is 2. The SMILES string of the molecule is N#Cc1cccc(C#N)c1NC1CCc2ccccc21. The molecule has 1 unspecified atom stereocenters. The number of anilines is 1. The summed E-state index contributed by atoms with van der Waals surface area (Å²) in [4.78, 5) is 0. The molecule has 0 amide bonds. The van der Waals surface area contributed by atoms with Crippen molar-refractivity contribution in [2.45, 2.75) is 18.9 Å². The molecule has 1 aliphatic rings. The normalized spacial score (nSPS) is 16.0. The average Bonchev–Trinajstić information content (AvgIpc) is 2.91. The van der Waals surface area contributed by atoms with E-state index in [4.69, 9.17) is 0 Å². The van der Waals surface area contributed by atoms with Crippen molar-refractivity contribution >= 4 is 5.69 Å². The minimum Gasteiger partial charge on any atom is -0.376 e. The number of para-hydroxylation sites is 1. The van der Waals surface area contributed by atoms with Gasteiger partial charge in [0.05, 0.1) is 22.9 Å². The van der Waals surface area contributed by atoms with Crippen LogP contribution in [0.4, 0.5) is 5.69 Å². The van der Waals surface area contributed by atoms with Gasteiger partial charge in [-0.3, -0.25) is 0 Å². The number of nitrogens with zero attached hydrogens (tertiary/aromatic N) is 2. The van der Waals surface area contributed by atoms with Gasteiger partial charge in [-0.1, -0.05) is 30.3 Å². The summed E-state index contributed by atoms with van der Waals surface area (Å²) in [6.07, 6.45) is 2.02. The molecule has 3 heteroatoms. The van der Waals surface area contributed by atoms with Crippen LogP contribution in [0.15, 0.2) is 42.5 Å². The Kier molecular flexibility index (Phi) is 3.11. The van der Waals surface area contributed by atoms with E-state index in [-0.39, 0.29) is 6.04 Å². The number of hydrogen-bond donors (Lipinski definition) is 1. The van der Waals surface area contributed by atoms with Crippen LogP contribution in [0.5, 0.6) is 0 Å². The molecule has 1 atom stereocenters. The van der Waals surface area contributed by atoms with Crippen LogP contribution in [0, 0.1) is 22.7 Å². The summed E-state index contributed by atoms with van der Waals surface area (Å²) in [5.41, 5.74) is 4.31. The molecule has 3 rings (SSSR count). The number of benzene rings is 2. The van der Waals surface area contributed by atoms with Gasteiger partial charge in [-0.05, 0) is 36.1 Å². The molecule has 0 radical (unpaired) electrons. The van der Waals surface area contributed by atoms with Crippen LogP contribution in [-0.2, 0) is 6.42 Å². The first-order valence-electron chi connectivity index (χ1n) is 6.61. The third-order valence-corrected chi connectivity index (χ3v) is 3.76. The second-order valence-corrected chi connectivity index (χ2v) is 4.89. The van der Waals surface area contributed by atoms with Gasteiger partial charge in [-0.25, -0.2) is 0 Å². The molecule has 20 heavy (non-hydrogen) atoms. The third-order valence-electron chi connectivity index (χ3n) is 3.76. The van der Waals surface area contributed by atoms with E-state index in [9.17, 15) is 10.5 Å². The summed E-state index contributed by atoms with van der Waals surface area (Å²) in [6.45, 7) is 0. The fourth-order valence-corrected chi connectivity index (χ4v) is 2.78. The Morgan fingerprint density at radius 3 is 2.35 bits per heavy atom. The van der Waals surface area contributed by atoms with E-state index in [0.717, 1.165) is 12.8 Å². The summed E-state index contributed by atoms with van der Waals surface area (Å²) in [7, 11) is 0. The summed E-state index contributed by atoms with van der Waals surface area (Å²) >= 11 is 0. The molecule has 0 aromatic heterocycles. The minimum absolute atomic E-state index is 0.174. The molecule has 2 aromatic rings. The van der Waals surface area contributed by atoms with Gasteiger partial charge in [0, 0.05) is 0 Å². The second kappa shape index (κ2) is 5.07. The van der Waals surface area contributed by atoms with E-state index in [1.807, 2.05) is 12.1 Å². The van der Waals surface area contributed by atoms with Crippen LogP contribution in [0.1, 0.15) is 34.7 Å². The van der Waals surface area contributed by atoms with Gasteiger partial charge in [0.2, 0.25) is 0 Å². The van der Waals surface area contributed by atoms with Crippen molar-refractivity contribution in [1.82, 2.24) is 0 Å². The fourth-order valence-electron chi connectivity index (χ4n) is 2.78. The first-order chi connectivity index (χ1) is 9.83. The standard InChI is InChI=1S/C17H13N3/c18-10-13-5-3-6-14(11-19)17(13)20-16-9-8-12-4-1-2-7-15(12)16/h1-7,16,20H,8-9H2. The molecule has 0 bridgehead atoms. The Hall–Kier alpha value is -2.78. The predicted molar refractivity (Wildman–Crippen MR) is 77.0 cm³/mol. The van der Waals surface area contributed by atoms with Crippen LogP contribution in [0.3, 0.4) is 0 Å². The Bertz CT molecular complexity index is 702. The first-order valence-corrected chi connectivity index (χ1v) is 6.61. The van der Waals surface area contributed by atoms with Crippen molar-refractivity contribution in [2.75, 3.05) is 5.32 Å². The average molecular weight is 259 g/mol. The molecule has 0 saturated carbocycles. The van der Waals surface area contributed by atoms with Crippen molar-refractivity contribution in [2.24, 2.45) is 0 Å². The lowest BCUT2D eigenvalue weighted by Gasteiger charge is -2.17. The molecule has 1 aliphatic carbocycles. The van der Waals surface area contributed by atoms with Crippen molar-refractivity contribution in [3.05, 3.63) is 64.7 Å². The maximum atomic E-state index is 9.21. The highest BCUT2D eigenvalue weighted by Gasteiger charge is 2.23. The third kappa shape index (κ3) is 2.00. The number of hydrogen-bond acceptors (Lipinski definition) is 3. The van der Waals surface area contributed by atoms with E-state index in [1.165, 1.54) is 11.1 Å². The highest BCUT2D eigenvalue weighted by Crippen LogP contribution is 2.35. The van der Waals surface area contributed by atoms with E-state index < -0.39 is 0 Å². The number of aryl methyl sites for hydroxylation is 1. The van der Waals surface area contributed by atoms with Crippen molar-refractivity contribution in [3.63, 3.8) is 0 Å². The minimum atomic E-state index is 0.174. The largest absolute Gasteiger partial charge is 0.376 e.